The number of aliphatic imine (C=N–C) groups is 1. The van der Waals surface area contributed by atoms with Gasteiger partial charge in [-0.05, 0) is 17.5 Å². The van der Waals surface area contributed by atoms with Crippen molar-refractivity contribution >= 4 is 28.0 Å². The summed E-state index contributed by atoms with van der Waals surface area (Å²) in [4.78, 5) is 11.7. The molecule has 4 heteroatoms. The first kappa shape index (κ1) is 9.41. The molecule has 0 saturated carbocycles. The predicted molar refractivity (Wildman–Crippen MR) is 72.4 cm³/mol. The highest BCUT2D eigenvalue weighted by molar-refractivity contribution is 6.18. The molecule has 1 aliphatic rings. The number of rotatable bonds is 1. The van der Waals surface area contributed by atoms with Gasteiger partial charge in [0.25, 0.3) is 0 Å². The van der Waals surface area contributed by atoms with Gasteiger partial charge in [0.2, 0.25) is 0 Å². The Morgan fingerprint density at radius 2 is 1.89 bits per heavy atom. The van der Waals surface area contributed by atoms with Crippen molar-refractivity contribution in [1.82, 2.24) is 9.97 Å². The fourth-order valence-corrected chi connectivity index (χ4v) is 2.31. The average molecular weight is 234 g/mol. The summed E-state index contributed by atoms with van der Waals surface area (Å²) in [5.74, 6) is 0.804. The molecule has 0 fully saturated rings. The smallest absolute Gasteiger partial charge is 0.156 e. The van der Waals surface area contributed by atoms with Gasteiger partial charge in [-0.15, -0.1) is 0 Å². The maximum Gasteiger partial charge on any atom is 0.156 e. The van der Waals surface area contributed by atoms with Crippen LogP contribution in [0.1, 0.15) is 5.69 Å². The number of hydrogen-bond donors (Lipinski definition) is 2. The Morgan fingerprint density at radius 3 is 2.72 bits per heavy atom. The van der Waals surface area contributed by atoms with Gasteiger partial charge in [-0.2, -0.15) is 0 Å². The highest BCUT2D eigenvalue weighted by Crippen LogP contribution is 2.35. The molecule has 0 amide bonds. The summed E-state index contributed by atoms with van der Waals surface area (Å²) in [5.41, 5.74) is 2.97. The van der Waals surface area contributed by atoms with Crippen LogP contribution in [0.3, 0.4) is 0 Å². The van der Waals surface area contributed by atoms with Crippen molar-refractivity contribution in [2.45, 2.75) is 0 Å². The zero-order chi connectivity index (χ0) is 11.9. The van der Waals surface area contributed by atoms with E-state index in [0.29, 0.717) is 0 Å². The first-order chi connectivity index (χ1) is 8.92. The molecule has 0 spiro atoms. The molecule has 1 aliphatic heterocycles. The van der Waals surface area contributed by atoms with E-state index in [2.05, 4.69) is 38.5 Å². The third-order valence-electron chi connectivity index (χ3n) is 3.12. The second kappa shape index (κ2) is 3.43. The molecule has 3 aromatic rings. The van der Waals surface area contributed by atoms with Gasteiger partial charge in [0, 0.05) is 11.1 Å². The number of imidazole rings is 1. The molecule has 18 heavy (non-hydrogen) atoms. The number of aromatic nitrogens is 2. The fourth-order valence-electron chi connectivity index (χ4n) is 2.31. The molecule has 0 saturated heterocycles. The summed E-state index contributed by atoms with van der Waals surface area (Å²) in [6.07, 6.45) is 3.42. The average Bonchev–Trinajstić information content (AvgIpc) is 2.93. The lowest BCUT2D eigenvalue weighted by atomic mass is 10.1. The van der Waals surface area contributed by atoms with Gasteiger partial charge in [0.05, 0.1) is 18.2 Å². The van der Waals surface area contributed by atoms with Crippen LogP contribution in [-0.4, -0.2) is 15.8 Å². The van der Waals surface area contributed by atoms with Crippen molar-refractivity contribution < 1.29 is 0 Å². The lowest BCUT2D eigenvalue weighted by Gasteiger charge is -2.17. The summed E-state index contributed by atoms with van der Waals surface area (Å²) >= 11 is 0. The van der Waals surface area contributed by atoms with E-state index < -0.39 is 0 Å². The normalized spacial score (nSPS) is 13.2. The Bertz CT molecular complexity index is 751. The molecule has 4 rings (SSSR count). The molecule has 0 bridgehead atoms. The number of nitrogens with zero attached hydrogens (tertiary/aromatic N) is 2. The van der Waals surface area contributed by atoms with E-state index in [0.717, 1.165) is 22.9 Å². The molecule has 86 valence electrons. The summed E-state index contributed by atoms with van der Waals surface area (Å²) in [5, 5.41) is 5.71. The van der Waals surface area contributed by atoms with Gasteiger partial charge in [-0.25, -0.2) is 9.98 Å². The van der Waals surface area contributed by atoms with E-state index in [1.807, 2.05) is 18.2 Å². The third-order valence-corrected chi connectivity index (χ3v) is 3.12. The number of benzene rings is 2. The molecule has 0 unspecified atom stereocenters. The summed E-state index contributed by atoms with van der Waals surface area (Å²) in [6, 6.07) is 12.4. The van der Waals surface area contributed by atoms with Crippen molar-refractivity contribution in [1.29, 1.82) is 0 Å². The lowest BCUT2D eigenvalue weighted by molar-refractivity contribution is 1.30. The Hall–Kier alpha value is -2.62. The van der Waals surface area contributed by atoms with E-state index in [4.69, 9.17) is 0 Å². The third kappa shape index (κ3) is 1.26. The SMILES string of the molecule is c1cc2c3c(cccc3c1)NC(c1cnc[nH]1)=N2. The zero-order valence-electron chi connectivity index (χ0n) is 9.51. The molecular formula is C14H10N4. The maximum absolute atomic E-state index is 4.64. The largest absolute Gasteiger partial charge is 0.342 e. The molecule has 0 radical (unpaired) electrons. The number of anilines is 1. The van der Waals surface area contributed by atoms with Gasteiger partial charge in [-0.3, -0.25) is 0 Å². The number of aromatic amines is 1. The lowest BCUT2D eigenvalue weighted by Crippen LogP contribution is -2.16. The molecule has 2 aromatic carbocycles. The molecule has 1 aromatic heterocycles. The Labute approximate surface area is 103 Å². The maximum atomic E-state index is 4.64. The molecule has 2 N–H and O–H groups in total. The highest BCUT2D eigenvalue weighted by Gasteiger charge is 2.15. The van der Waals surface area contributed by atoms with E-state index in [9.17, 15) is 0 Å². The molecule has 2 heterocycles. The summed E-state index contributed by atoms with van der Waals surface area (Å²) in [7, 11) is 0. The van der Waals surface area contributed by atoms with Crippen LogP contribution < -0.4 is 5.32 Å². The van der Waals surface area contributed by atoms with Crippen LogP contribution in [0.15, 0.2) is 53.9 Å². The molecule has 0 aliphatic carbocycles. The highest BCUT2D eigenvalue weighted by atomic mass is 15.1. The zero-order valence-corrected chi connectivity index (χ0v) is 9.51. The quantitative estimate of drug-likeness (QED) is 0.679. The van der Waals surface area contributed by atoms with Crippen molar-refractivity contribution in [2.24, 2.45) is 4.99 Å². The number of amidine groups is 1. The monoisotopic (exact) mass is 234 g/mol. The standard InChI is InChI=1S/C14H10N4/c1-3-9-4-2-6-11-13(9)10(5-1)17-14(18-11)12-7-15-8-16-12/h1-8H,(H,15,16)(H,17,18). The summed E-state index contributed by atoms with van der Waals surface area (Å²) in [6.45, 7) is 0. The van der Waals surface area contributed by atoms with Gasteiger partial charge in [-0.1, -0.05) is 24.3 Å². The Morgan fingerprint density at radius 1 is 1.00 bits per heavy atom. The Balaban J connectivity index is 2.00. The van der Waals surface area contributed by atoms with E-state index >= 15 is 0 Å². The van der Waals surface area contributed by atoms with Crippen LogP contribution in [0.25, 0.3) is 10.8 Å². The first-order valence-electron chi connectivity index (χ1n) is 5.78. The second-order valence-electron chi connectivity index (χ2n) is 4.23. The van der Waals surface area contributed by atoms with Crippen molar-refractivity contribution in [3.05, 3.63) is 54.6 Å². The van der Waals surface area contributed by atoms with Crippen LogP contribution in [0.5, 0.6) is 0 Å². The van der Waals surface area contributed by atoms with E-state index in [1.54, 1.807) is 12.5 Å². The minimum atomic E-state index is 0.804. The van der Waals surface area contributed by atoms with Crippen LogP contribution in [0.2, 0.25) is 0 Å². The molecular weight excluding hydrogens is 224 g/mol. The van der Waals surface area contributed by atoms with Gasteiger partial charge >= 0.3 is 0 Å². The number of hydrogen-bond acceptors (Lipinski definition) is 3. The molecule has 0 atom stereocenters. The van der Waals surface area contributed by atoms with Gasteiger partial charge in [0.1, 0.15) is 5.69 Å². The van der Waals surface area contributed by atoms with Crippen molar-refractivity contribution in [3.8, 4) is 0 Å². The minimum absolute atomic E-state index is 0.804. The summed E-state index contributed by atoms with van der Waals surface area (Å²) < 4.78 is 0. The Kier molecular flexibility index (Phi) is 1.80. The second-order valence-corrected chi connectivity index (χ2v) is 4.23. The van der Waals surface area contributed by atoms with Crippen LogP contribution >= 0.6 is 0 Å². The van der Waals surface area contributed by atoms with Gasteiger partial charge < -0.3 is 10.3 Å². The number of nitrogens with one attached hydrogen (secondary N) is 2. The predicted octanol–water partition coefficient (Wildman–Crippen LogP) is 3.07. The van der Waals surface area contributed by atoms with Crippen LogP contribution in [0, 0.1) is 0 Å². The fraction of sp³-hybridized carbons (Fsp3) is 0. The molecule has 4 nitrogen and oxygen atoms in total. The van der Waals surface area contributed by atoms with Gasteiger partial charge in [0.15, 0.2) is 5.84 Å². The van der Waals surface area contributed by atoms with Crippen LogP contribution in [0.4, 0.5) is 11.4 Å². The first-order valence-corrected chi connectivity index (χ1v) is 5.78. The van der Waals surface area contributed by atoms with E-state index in [-0.39, 0.29) is 0 Å². The minimum Gasteiger partial charge on any atom is -0.342 e. The topological polar surface area (TPSA) is 53.1 Å². The van der Waals surface area contributed by atoms with Crippen molar-refractivity contribution in [3.63, 3.8) is 0 Å². The van der Waals surface area contributed by atoms with Crippen LogP contribution in [-0.2, 0) is 0 Å². The number of H-pyrrole nitrogens is 1. The van der Waals surface area contributed by atoms with E-state index in [1.165, 1.54) is 10.8 Å². The van der Waals surface area contributed by atoms with Crippen molar-refractivity contribution in [2.75, 3.05) is 5.32 Å².